The molecule has 2 aliphatic rings. The second-order valence-corrected chi connectivity index (χ2v) is 9.48. The van der Waals surface area contributed by atoms with Crippen molar-refractivity contribution < 1.29 is 9.53 Å². The van der Waals surface area contributed by atoms with Crippen molar-refractivity contribution in [2.75, 3.05) is 25.5 Å². The molecule has 0 spiro atoms. The first kappa shape index (κ1) is 20.8. The number of aromatic amines is 1. The van der Waals surface area contributed by atoms with Gasteiger partial charge >= 0.3 is 0 Å². The average molecular weight is 409 g/mol. The fourth-order valence-corrected chi connectivity index (χ4v) is 4.25. The lowest BCUT2D eigenvalue weighted by Crippen LogP contribution is -2.36. The van der Waals surface area contributed by atoms with Crippen LogP contribution >= 0.6 is 0 Å². The Balaban J connectivity index is 1.72. The molecule has 4 rings (SSSR count). The van der Waals surface area contributed by atoms with Crippen LogP contribution in [0.3, 0.4) is 0 Å². The van der Waals surface area contributed by atoms with Gasteiger partial charge in [0.05, 0.1) is 6.61 Å². The molecule has 2 aromatic rings. The number of carbonyl (C=O) groups excluding carboxylic acids is 1. The van der Waals surface area contributed by atoms with E-state index in [0.717, 1.165) is 54.9 Å². The van der Waals surface area contributed by atoms with Crippen LogP contribution in [0.25, 0.3) is 5.57 Å². The summed E-state index contributed by atoms with van der Waals surface area (Å²) in [6.07, 6.45) is 7.15. The molecule has 2 N–H and O–H groups in total. The van der Waals surface area contributed by atoms with Crippen LogP contribution in [0.15, 0.2) is 30.5 Å². The molecule has 1 aromatic carbocycles. The van der Waals surface area contributed by atoms with Gasteiger partial charge in [0, 0.05) is 29.7 Å². The Bertz CT molecular complexity index is 991. The summed E-state index contributed by atoms with van der Waals surface area (Å²) in [6, 6.07) is 6.25. The number of rotatable bonds is 4. The topological polar surface area (TPSA) is 70.2 Å². The van der Waals surface area contributed by atoms with Crippen LogP contribution in [0.2, 0.25) is 0 Å². The van der Waals surface area contributed by atoms with E-state index in [0.29, 0.717) is 11.2 Å². The Labute approximate surface area is 178 Å². The molecule has 1 amide bonds. The highest BCUT2D eigenvalue weighted by molar-refractivity contribution is 6.03. The normalized spacial score (nSPS) is 24.0. The number of ether oxygens (including phenoxy) is 1. The van der Waals surface area contributed by atoms with Crippen molar-refractivity contribution >= 4 is 17.2 Å². The number of H-pyrrole nitrogens is 1. The van der Waals surface area contributed by atoms with Gasteiger partial charge in [-0.05, 0) is 68.8 Å². The average Bonchev–Trinajstić information content (AvgIpc) is 3.28. The highest BCUT2D eigenvalue weighted by Crippen LogP contribution is 2.42. The molecule has 0 saturated carbocycles. The number of aryl methyl sites for hydroxylation is 1. The second kappa shape index (κ2) is 7.67. The fraction of sp³-hybridized carbons (Fsp3) is 0.500. The quantitative estimate of drug-likeness (QED) is 0.769. The maximum absolute atomic E-state index is 12.8. The highest BCUT2D eigenvalue weighted by atomic mass is 16.5. The number of carbonyl (C=O) groups is 1. The second-order valence-electron chi connectivity index (χ2n) is 9.48. The molecule has 1 fully saturated rings. The Morgan fingerprint density at radius 3 is 2.70 bits per heavy atom. The summed E-state index contributed by atoms with van der Waals surface area (Å²) in [4.78, 5) is 22.2. The van der Waals surface area contributed by atoms with Crippen LogP contribution in [-0.4, -0.2) is 41.0 Å². The minimum atomic E-state index is -0.454. The minimum Gasteiger partial charge on any atom is -0.355 e. The smallest absolute Gasteiger partial charge is 0.291 e. The van der Waals surface area contributed by atoms with Crippen LogP contribution in [0, 0.1) is 12.3 Å². The maximum atomic E-state index is 12.8. The first-order valence-corrected chi connectivity index (χ1v) is 10.7. The van der Waals surface area contributed by atoms with Gasteiger partial charge < -0.3 is 15.0 Å². The van der Waals surface area contributed by atoms with Gasteiger partial charge in [-0.3, -0.25) is 9.69 Å². The predicted octanol–water partition coefficient (Wildman–Crippen LogP) is 4.70. The maximum Gasteiger partial charge on any atom is 0.291 e. The summed E-state index contributed by atoms with van der Waals surface area (Å²) in [5.41, 5.74) is 5.00. The van der Waals surface area contributed by atoms with Crippen molar-refractivity contribution in [1.29, 1.82) is 0 Å². The lowest BCUT2D eigenvalue weighted by Gasteiger charge is -2.33. The fourth-order valence-electron chi connectivity index (χ4n) is 4.25. The molecule has 30 heavy (non-hydrogen) atoms. The van der Waals surface area contributed by atoms with Crippen molar-refractivity contribution in [3.05, 3.63) is 53.1 Å². The number of benzene rings is 1. The van der Waals surface area contributed by atoms with Gasteiger partial charge in [-0.1, -0.05) is 26.0 Å². The molecule has 1 aliphatic carbocycles. The summed E-state index contributed by atoms with van der Waals surface area (Å²) in [7, 11) is 2.09. The molecule has 160 valence electrons. The number of imidazole rings is 1. The molecule has 1 aromatic heterocycles. The number of allylic oxidation sites excluding steroid dienone is 2. The standard InChI is InChI=1S/C24H32N4O2/c1-16-15-25-21(26-16)22(29)27-20-7-6-18(24(4)28(5)12-13-30-24)14-19(20)17-8-10-23(2,3)11-9-17/h6-8,14-15H,9-13H2,1-5H3,(H,25,26)(H,27,29). The third-order valence-electron chi connectivity index (χ3n) is 6.58. The van der Waals surface area contributed by atoms with E-state index in [1.807, 2.05) is 13.0 Å². The molecule has 6 heteroatoms. The number of likely N-dealkylation sites (N-methyl/N-ethyl adjacent to an activating group) is 1. The van der Waals surface area contributed by atoms with Gasteiger partial charge in [-0.2, -0.15) is 0 Å². The Morgan fingerprint density at radius 1 is 1.30 bits per heavy atom. The van der Waals surface area contributed by atoms with Crippen molar-refractivity contribution in [2.45, 2.75) is 52.7 Å². The van der Waals surface area contributed by atoms with Gasteiger partial charge in [-0.15, -0.1) is 0 Å². The monoisotopic (exact) mass is 408 g/mol. The molecule has 1 saturated heterocycles. The van der Waals surface area contributed by atoms with E-state index >= 15 is 0 Å². The van der Waals surface area contributed by atoms with E-state index in [1.54, 1.807) is 6.20 Å². The number of aromatic nitrogens is 2. The van der Waals surface area contributed by atoms with E-state index in [1.165, 1.54) is 5.57 Å². The minimum absolute atomic E-state index is 0.228. The molecule has 1 unspecified atom stereocenters. The van der Waals surface area contributed by atoms with E-state index < -0.39 is 5.72 Å². The summed E-state index contributed by atoms with van der Waals surface area (Å²) in [5, 5.41) is 3.07. The predicted molar refractivity (Wildman–Crippen MR) is 119 cm³/mol. The van der Waals surface area contributed by atoms with Crippen molar-refractivity contribution in [2.24, 2.45) is 5.41 Å². The molecule has 1 atom stereocenters. The lowest BCUT2D eigenvalue weighted by atomic mass is 9.76. The van der Waals surface area contributed by atoms with Crippen LogP contribution in [-0.2, 0) is 10.5 Å². The number of nitrogens with zero attached hydrogens (tertiary/aromatic N) is 2. The molecule has 0 radical (unpaired) electrons. The summed E-state index contributed by atoms with van der Waals surface area (Å²) >= 11 is 0. The lowest BCUT2D eigenvalue weighted by molar-refractivity contribution is -0.0617. The third kappa shape index (κ3) is 3.94. The van der Waals surface area contributed by atoms with Crippen LogP contribution in [0.5, 0.6) is 0 Å². The van der Waals surface area contributed by atoms with Gasteiger partial charge in [0.2, 0.25) is 0 Å². The first-order valence-electron chi connectivity index (χ1n) is 10.7. The Morgan fingerprint density at radius 2 is 2.10 bits per heavy atom. The number of hydrogen-bond donors (Lipinski definition) is 2. The van der Waals surface area contributed by atoms with Crippen LogP contribution in [0.4, 0.5) is 5.69 Å². The van der Waals surface area contributed by atoms with E-state index in [9.17, 15) is 4.79 Å². The molecule has 2 heterocycles. The van der Waals surface area contributed by atoms with Crippen molar-refractivity contribution in [3.63, 3.8) is 0 Å². The molecule has 0 bridgehead atoms. The van der Waals surface area contributed by atoms with Gasteiger partial charge in [-0.25, -0.2) is 4.98 Å². The van der Waals surface area contributed by atoms with Gasteiger partial charge in [0.1, 0.15) is 5.72 Å². The van der Waals surface area contributed by atoms with E-state index in [2.05, 4.69) is 66.2 Å². The summed E-state index contributed by atoms with van der Waals surface area (Å²) in [5.74, 6) is 0.0985. The number of hydrogen-bond acceptors (Lipinski definition) is 4. The molecule has 1 aliphatic heterocycles. The largest absolute Gasteiger partial charge is 0.355 e. The number of amides is 1. The van der Waals surface area contributed by atoms with Crippen molar-refractivity contribution in [1.82, 2.24) is 14.9 Å². The SMILES string of the molecule is Cc1cnc(C(=O)Nc2ccc(C3(C)OCCN3C)cc2C2=CCC(C)(C)CC2)[nH]1. The van der Waals surface area contributed by atoms with Crippen LogP contribution in [0.1, 0.15) is 67.5 Å². The molecule has 6 nitrogen and oxygen atoms in total. The van der Waals surface area contributed by atoms with Gasteiger partial charge in [0.15, 0.2) is 5.82 Å². The third-order valence-corrected chi connectivity index (χ3v) is 6.58. The zero-order valence-electron chi connectivity index (χ0n) is 18.6. The summed E-state index contributed by atoms with van der Waals surface area (Å²) < 4.78 is 6.11. The van der Waals surface area contributed by atoms with Gasteiger partial charge in [0.25, 0.3) is 5.91 Å². The number of nitrogens with one attached hydrogen (secondary N) is 2. The van der Waals surface area contributed by atoms with Crippen molar-refractivity contribution in [3.8, 4) is 0 Å². The highest BCUT2D eigenvalue weighted by Gasteiger charge is 2.37. The zero-order valence-corrected chi connectivity index (χ0v) is 18.6. The first-order chi connectivity index (χ1) is 14.2. The van der Waals surface area contributed by atoms with Crippen LogP contribution < -0.4 is 5.32 Å². The van der Waals surface area contributed by atoms with E-state index in [-0.39, 0.29) is 5.91 Å². The Hall–Kier alpha value is -2.44. The van der Waals surface area contributed by atoms with E-state index in [4.69, 9.17) is 4.74 Å². The molecular weight excluding hydrogens is 376 g/mol. The molecular formula is C24H32N4O2. The number of anilines is 1. The Kier molecular flexibility index (Phi) is 5.32. The zero-order chi connectivity index (χ0) is 21.5. The summed E-state index contributed by atoms with van der Waals surface area (Å²) in [6.45, 7) is 10.2.